The van der Waals surface area contributed by atoms with Gasteiger partial charge in [-0.25, -0.2) is 4.68 Å². The average Bonchev–Trinajstić information content (AvgIpc) is 2.79. The molecule has 0 spiro atoms. The second-order valence-corrected chi connectivity index (χ2v) is 4.62. The number of aryl methyl sites for hydroxylation is 1. The zero-order chi connectivity index (χ0) is 16.5. The summed E-state index contributed by atoms with van der Waals surface area (Å²) >= 11 is 0. The van der Waals surface area contributed by atoms with Crippen molar-refractivity contribution in [3.05, 3.63) is 47.3 Å². The summed E-state index contributed by atoms with van der Waals surface area (Å²) in [4.78, 5) is 22.2. The third kappa shape index (κ3) is 3.33. The van der Waals surface area contributed by atoms with Crippen LogP contribution in [0.3, 0.4) is 0 Å². The second kappa shape index (κ2) is 5.63. The first kappa shape index (κ1) is 15.7. The number of Topliss-reactive ketones (excluding diaryl/α,β-unsaturated/α-hetero) is 1. The molecule has 0 amide bonds. The van der Waals surface area contributed by atoms with Crippen LogP contribution in [0.15, 0.2) is 30.3 Å². The summed E-state index contributed by atoms with van der Waals surface area (Å²) in [6, 6.07) is 5.83. The van der Waals surface area contributed by atoms with Crippen molar-refractivity contribution in [2.75, 3.05) is 0 Å². The number of alkyl halides is 3. The predicted octanol–water partition coefficient (Wildman–Crippen LogP) is 2.86. The van der Waals surface area contributed by atoms with Crippen molar-refractivity contribution in [3.8, 4) is 5.69 Å². The van der Waals surface area contributed by atoms with Crippen LogP contribution in [0.25, 0.3) is 5.69 Å². The van der Waals surface area contributed by atoms with Crippen LogP contribution in [0.1, 0.15) is 28.2 Å². The molecule has 5 nitrogen and oxygen atoms in total. The van der Waals surface area contributed by atoms with E-state index in [0.717, 1.165) is 12.1 Å². The molecule has 22 heavy (non-hydrogen) atoms. The van der Waals surface area contributed by atoms with Gasteiger partial charge in [0.15, 0.2) is 5.78 Å². The van der Waals surface area contributed by atoms with Gasteiger partial charge in [-0.1, -0.05) is 6.07 Å². The Morgan fingerprint density at radius 3 is 2.55 bits per heavy atom. The summed E-state index contributed by atoms with van der Waals surface area (Å²) in [6.07, 6.45) is -5.21. The molecular formula is C14H11F3N2O3. The van der Waals surface area contributed by atoms with Crippen molar-refractivity contribution in [2.45, 2.75) is 19.5 Å². The maximum absolute atomic E-state index is 12.7. The number of benzene rings is 1. The molecule has 2 rings (SSSR count). The number of rotatable bonds is 4. The number of ketones is 1. The number of aliphatic carboxylic acids is 1. The molecule has 8 heteroatoms. The Kier molecular flexibility index (Phi) is 4.03. The molecular weight excluding hydrogens is 301 g/mol. The van der Waals surface area contributed by atoms with Gasteiger partial charge < -0.3 is 5.11 Å². The van der Waals surface area contributed by atoms with Crippen LogP contribution in [0.2, 0.25) is 0 Å². The normalized spacial score (nSPS) is 11.5. The second-order valence-electron chi connectivity index (χ2n) is 4.62. The van der Waals surface area contributed by atoms with Gasteiger partial charge in [-0.15, -0.1) is 0 Å². The first-order chi connectivity index (χ1) is 10.2. The van der Waals surface area contributed by atoms with Gasteiger partial charge in [-0.2, -0.15) is 18.3 Å². The van der Waals surface area contributed by atoms with E-state index in [1.165, 1.54) is 22.9 Å². The Balaban J connectivity index is 2.40. The number of carbonyl (C=O) groups excluding carboxylic acids is 1. The summed E-state index contributed by atoms with van der Waals surface area (Å²) in [6.45, 7) is 1.56. The maximum Gasteiger partial charge on any atom is 0.416 e. The highest BCUT2D eigenvalue weighted by Crippen LogP contribution is 2.30. The quantitative estimate of drug-likeness (QED) is 0.696. The molecule has 1 heterocycles. The molecule has 1 aromatic carbocycles. The zero-order valence-electron chi connectivity index (χ0n) is 11.4. The molecule has 0 fully saturated rings. The molecule has 1 N–H and O–H groups in total. The van der Waals surface area contributed by atoms with E-state index in [-0.39, 0.29) is 11.4 Å². The van der Waals surface area contributed by atoms with Gasteiger partial charge in [0.2, 0.25) is 0 Å². The molecule has 0 aliphatic heterocycles. The number of carboxylic acids is 1. The number of hydrogen-bond acceptors (Lipinski definition) is 3. The first-order valence-electron chi connectivity index (χ1n) is 6.18. The molecule has 0 bridgehead atoms. The van der Waals surface area contributed by atoms with Gasteiger partial charge in [0.05, 0.1) is 11.3 Å². The summed E-state index contributed by atoms with van der Waals surface area (Å²) < 4.78 is 39.3. The fourth-order valence-electron chi connectivity index (χ4n) is 1.91. The van der Waals surface area contributed by atoms with Gasteiger partial charge >= 0.3 is 12.1 Å². The van der Waals surface area contributed by atoms with E-state index in [1.54, 1.807) is 6.92 Å². The number of hydrogen-bond donors (Lipinski definition) is 1. The van der Waals surface area contributed by atoms with Crippen LogP contribution in [0.5, 0.6) is 0 Å². The maximum atomic E-state index is 12.7. The lowest BCUT2D eigenvalue weighted by atomic mass is 10.2. The Hall–Kier alpha value is -2.64. The van der Waals surface area contributed by atoms with Crippen LogP contribution in [0, 0.1) is 6.92 Å². The summed E-state index contributed by atoms with van der Waals surface area (Å²) in [7, 11) is 0. The standard InChI is InChI=1S/C14H11F3N2O3/c1-8-5-11(12(20)7-13(21)22)18-19(8)10-4-2-3-9(6-10)14(15,16)17/h2-6H,7H2,1H3,(H,21,22). The molecule has 0 atom stereocenters. The third-order valence-electron chi connectivity index (χ3n) is 2.90. The van der Waals surface area contributed by atoms with Gasteiger partial charge in [-0.05, 0) is 31.2 Å². The topological polar surface area (TPSA) is 72.2 Å². The molecule has 0 saturated carbocycles. The van der Waals surface area contributed by atoms with Crippen molar-refractivity contribution in [3.63, 3.8) is 0 Å². The SMILES string of the molecule is Cc1cc(C(=O)CC(=O)O)nn1-c1cccc(C(F)(F)F)c1. The lowest BCUT2D eigenvalue weighted by Crippen LogP contribution is -2.09. The minimum Gasteiger partial charge on any atom is -0.481 e. The highest BCUT2D eigenvalue weighted by Gasteiger charge is 2.30. The highest BCUT2D eigenvalue weighted by molar-refractivity contribution is 6.04. The van der Waals surface area contributed by atoms with Crippen molar-refractivity contribution >= 4 is 11.8 Å². The largest absolute Gasteiger partial charge is 0.481 e. The van der Waals surface area contributed by atoms with E-state index in [1.807, 2.05) is 0 Å². The number of aromatic nitrogens is 2. The molecule has 2 aromatic rings. The Morgan fingerprint density at radius 2 is 1.95 bits per heavy atom. The van der Waals surface area contributed by atoms with Crippen LogP contribution < -0.4 is 0 Å². The van der Waals surface area contributed by atoms with E-state index in [0.29, 0.717) is 5.69 Å². The van der Waals surface area contributed by atoms with Gasteiger partial charge in [-0.3, -0.25) is 9.59 Å². The summed E-state index contributed by atoms with van der Waals surface area (Å²) in [5.41, 5.74) is -0.370. The van der Waals surface area contributed by atoms with Gasteiger partial charge in [0, 0.05) is 5.69 Å². The van der Waals surface area contributed by atoms with E-state index in [9.17, 15) is 22.8 Å². The monoisotopic (exact) mass is 312 g/mol. The smallest absolute Gasteiger partial charge is 0.416 e. The third-order valence-corrected chi connectivity index (χ3v) is 2.90. The van der Waals surface area contributed by atoms with E-state index in [2.05, 4.69) is 5.10 Å². The lowest BCUT2D eigenvalue weighted by Gasteiger charge is -2.09. The lowest BCUT2D eigenvalue weighted by molar-refractivity contribution is -0.138. The molecule has 0 radical (unpaired) electrons. The number of carbonyl (C=O) groups is 2. The zero-order valence-corrected chi connectivity index (χ0v) is 11.4. The summed E-state index contributed by atoms with van der Waals surface area (Å²) in [5.74, 6) is -2.00. The summed E-state index contributed by atoms with van der Waals surface area (Å²) in [5, 5.41) is 12.5. The number of carboxylic acid groups (broad SMARTS) is 1. The van der Waals surface area contributed by atoms with E-state index in [4.69, 9.17) is 5.11 Å². The Bertz CT molecular complexity index is 735. The van der Waals surface area contributed by atoms with Gasteiger partial charge in [0.1, 0.15) is 12.1 Å². The van der Waals surface area contributed by atoms with Crippen LogP contribution in [-0.4, -0.2) is 26.6 Å². The van der Waals surface area contributed by atoms with Crippen molar-refractivity contribution in [1.82, 2.24) is 9.78 Å². The molecule has 0 saturated heterocycles. The molecule has 0 aliphatic carbocycles. The van der Waals surface area contributed by atoms with Crippen LogP contribution >= 0.6 is 0 Å². The molecule has 0 aliphatic rings. The van der Waals surface area contributed by atoms with Crippen molar-refractivity contribution in [1.29, 1.82) is 0 Å². The Morgan fingerprint density at radius 1 is 1.27 bits per heavy atom. The minimum absolute atomic E-state index is 0.0997. The first-order valence-corrected chi connectivity index (χ1v) is 6.18. The number of halogens is 3. The fourth-order valence-corrected chi connectivity index (χ4v) is 1.91. The Labute approximate surface area is 123 Å². The number of nitrogens with zero attached hydrogens (tertiary/aromatic N) is 2. The predicted molar refractivity (Wildman–Crippen MR) is 69.9 cm³/mol. The van der Waals surface area contributed by atoms with Crippen LogP contribution in [-0.2, 0) is 11.0 Å². The average molecular weight is 312 g/mol. The van der Waals surface area contributed by atoms with Crippen LogP contribution in [0.4, 0.5) is 13.2 Å². The minimum atomic E-state index is -4.49. The highest BCUT2D eigenvalue weighted by atomic mass is 19.4. The molecule has 116 valence electrons. The van der Waals surface area contributed by atoms with E-state index < -0.39 is 29.9 Å². The molecule has 1 aromatic heterocycles. The molecule has 0 unspecified atom stereocenters. The van der Waals surface area contributed by atoms with Crippen molar-refractivity contribution < 1.29 is 27.9 Å². The van der Waals surface area contributed by atoms with E-state index >= 15 is 0 Å². The fraction of sp³-hybridized carbons (Fsp3) is 0.214. The van der Waals surface area contributed by atoms with Crippen molar-refractivity contribution in [2.24, 2.45) is 0 Å². The van der Waals surface area contributed by atoms with Gasteiger partial charge in [0.25, 0.3) is 0 Å².